The molecule has 2 rings (SSSR count). The van der Waals surface area contributed by atoms with Gasteiger partial charge >= 0.3 is 0 Å². The Balaban J connectivity index is 2.12. The second-order valence-electron chi connectivity index (χ2n) is 4.23. The van der Waals surface area contributed by atoms with Gasteiger partial charge in [-0.05, 0) is 29.8 Å². The predicted molar refractivity (Wildman–Crippen MR) is 75.9 cm³/mol. The summed E-state index contributed by atoms with van der Waals surface area (Å²) in [4.78, 5) is 17.8. The molecule has 1 amide bonds. The fraction of sp³-hybridized carbons (Fsp3) is 0.143. The molecule has 19 heavy (non-hydrogen) atoms. The van der Waals surface area contributed by atoms with E-state index in [0.29, 0.717) is 17.3 Å². The maximum atomic E-state index is 12.2. The molecular weight excluding hydrogens is 262 g/mol. The van der Waals surface area contributed by atoms with Crippen LogP contribution in [0.3, 0.4) is 0 Å². The summed E-state index contributed by atoms with van der Waals surface area (Å²) < 4.78 is 0. The van der Waals surface area contributed by atoms with E-state index in [1.54, 1.807) is 42.4 Å². The van der Waals surface area contributed by atoms with Gasteiger partial charge in [0.1, 0.15) is 0 Å². The maximum absolute atomic E-state index is 12.2. The highest BCUT2D eigenvalue weighted by molar-refractivity contribution is 6.30. The summed E-state index contributed by atoms with van der Waals surface area (Å²) in [6.07, 6.45) is 1.56. The highest BCUT2D eigenvalue weighted by atomic mass is 35.5. The number of anilines is 1. The largest absolute Gasteiger partial charge is 0.397 e. The second kappa shape index (κ2) is 5.71. The van der Waals surface area contributed by atoms with E-state index in [9.17, 15) is 4.79 Å². The van der Waals surface area contributed by atoms with Gasteiger partial charge in [-0.3, -0.25) is 4.79 Å². The van der Waals surface area contributed by atoms with Crippen molar-refractivity contribution in [3.63, 3.8) is 0 Å². The number of benzene rings is 1. The second-order valence-corrected chi connectivity index (χ2v) is 4.67. The Bertz CT molecular complexity index is 583. The molecular formula is C14H14ClN3O. The molecule has 0 saturated heterocycles. The van der Waals surface area contributed by atoms with Crippen molar-refractivity contribution in [3.05, 3.63) is 58.9 Å². The highest BCUT2D eigenvalue weighted by Gasteiger charge is 2.15. The van der Waals surface area contributed by atoms with Crippen LogP contribution in [0.4, 0.5) is 5.69 Å². The van der Waals surface area contributed by atoms with Crippen molar-refractivity contribution in [2.45, 2.75) is 6.54 Å². The minimum atomic E-state index is -0.201. The molecule has 0 fully saturated rings. The van der Waals surface area contributed by atoms with Crippen LogP contribution >= 0.6 is 11.6 Å². The van der Waals surface area contributed by atoms with Gasteiger partial charge in [0.25, 0.3) is 5.91 Å². The number of aromatic nitrogens is 1. The highest BCUT2D eigenvalue weighted by Crippen LogP contribution is 2.14. The van der Waals surface area contributed by atoms with Crippen LogP contribution in [0.1, 0.15) is 16.1 Å². The Hall–Kier alpha value is -2.07. The number of rotatable bonds is 3. The monoisotopic (exact) mass is 275 g/mol. The molecule has 2 aromatic rings. The molecule has 0 radical (unpaired) electrons. The van der Waals surface area contributed by atoms with Gasteiger partial charge in [-0.25, -0.2) is 4.98 Å². The van der Waals surface area contributed by atoms with E-state index < -0.39 is 0 Å². The molecule has 0 spiro atoms. The van der Waals surface area contributed by atoms with E-state index in [4.69, 9.17) is 17.3 Å². The summed E-state index contributed by atoms with van der Waals surface area (Å²) in [5.74, 6) is -0.201. The number of carbonyl (C=O) groups is 1. The number of nitrogen functional groups attached to an aromatic ring is 1. The van der Waals surface area contributed by atoms with Crippen molar-refractivity contribution >= 4 is 23.2 Å². The Morgan fingerprint density at radius 2 is 2.00 bits per heavy atom. The fourth-order valence-electron chi connectivity index (χ4n) is 1.71. The molecule has 1 aromatic carbocycles. The number of hydrogen-bond acceptors (Lipinski definition) is 3. The number of carbonyl (C=O) groups excluding carboxylic acids is 1. The maximum Gasteiger partial charge on any atom is 0.274 e. The average Bonchev–Trinajstić information content (AvgIpc) is 2.41. The first kappa shape index (κ1) is 13.4. The Morgan fingerprint density at radius 1 is 1.32 bits per heavy atom. The summed E-state index contributed by atoms with van der Waals surface area (Å²) >= 11 is 5.82. The third-order valence-corrected chi connectivity index (χ3v) is 2.97. The van der Waals surface area contributed by atoms with Gasteiger partial charge in [0.2, 0.25) is 0 Å². The fourth-order valence-corrected chi connectivity index (χ4v) is 1.84. The predicted octanol–water partition coefficient (Wildman–Crippen LogP) is 2.59. The number of halogens is 1. The summed E-state index contributed by atoms with van der Waals surface area (Å²) in [6.45, 7) is 0.478. The molecule has 4 nitrogen and oxygen atoms in total. The minimum Gasteiger partial charge on any atom is -0.397 e. The van der Waals surface area contributed by atoms with Gasteiger partial charge in [-0.2, -0.15) is 0 Å². The smallest absolute Gasteiger partial charge is 0.274 e. The van der Waals surface area contributed by atoms with Crippen LogP contribution in [0.5, 0.6) is 0 Å². The van der Waals surface area contributed by atoms with Crippen molar-refractivity contribution in [2.75, 3.05) is 12.8 Å². The van der Waals surface area contributed by atoms with E-state index >= 15 is 0 Å². The van der Waals surface area contributed by atoms with Crippen LogP contribution in [-0.2, 0) is 6.54 Å². The van der Waals surface area contributed by atoms with E-state index in [1.165, 1.54) is 0 Å². The third kappa shape index (κ3) is 3.23. The summed E-state index contributed by atoms with van der Waals surface area (Å²) in [5.41, 5.74) is 7.40. The third-order valence-electron chi connectivity index (χ3n) is 2.72. The molecule has 5 heteroatoms. The van der Waals surface area contributed by atoms with Gasteiger partial charge in [0, 0.05) is 24.8 Å². The lowest BCUT2D eigenvalue weighted by Crippen LogP contribution is -2.27. The first-order valence-electron chi connectivity index (χ1n) is 5.78. The van der Waals surface area contributed by atoms with E-state index in [1.807, 2.05) is 12.1 Å². The summed E-state index contributed by atoms with van der Waals surface area (Å²) in [6, 6.07) is 10.7. The van der Waals surface area contributed by atoms with E-state index in [0.717, 1.165) is 5.56 Å². The number of pyridine rings is 1. The molecule has 98 valence electrons. The zero-order valence-corrected chi connectivity index (χ0v) is 11.3. The molecule has 0 aliphatic carbocycles. The van der Waals surface area contributed by atoms with Gasteiger partial charge < -0.3 is 10.6 Å². The SMILES string of the molecule is CN(Cc1ccc(Cl)cc1)C(=O)c1ncccc1N. The van der Waals surface area contributed by atoms with Crippen molar-refractivity contribution in [1.82, 2.24) is 9.88 Å². The normalized spacial score (nSPS) is 10.2. The van der Waals surface area contributed by atoms with Gasteiger partial charge in [0.15, 0.2) is 5.69 Å². The zero-order valence-electron chi connectivity index (χ0n) is 10.5. The van der Waals surface area contributed by atoms with Crippen LogP contribution in [-0.4, -0.2) is 22.8 Å². The lowest BCUT2D eigenvalue weighted by atomic mass is 10.2. The van der Waals surface area contributed by atoms with E-state index in [-0.39, 0.29) is 11.6 Å². The molecule has 0 bridgehead atoms. The van der Waals surface area contributed by atoms with Crippen molar-refractivity contribution in [3.8, 4) is 0 Å². The quantitative estimate of drug-likeness (QED) is 0.937. The number of nitrogens with zero attached hydrogens (tertiary/aromatic N) is 2. The standard InChI is InChI=1S/C14H14ClN3O/c1-18(9-10-4-6-11(15)7-5-10)14(19)13-12(16)3-2-8-17-13/h2-8H,9,16H2,1H3. The molecule has 1 heterocycles. The molecule has 2 N–H and O–H groups in total. The molecule has 0 saturated carbocycles. The van der Waals surface area contributed by atoms with Crippen LogP contribution in [0.15, 0.2) is 42.6 Å². The molecule has 1 aromatic heterocycles. The lowest BCUT2D eigenvalue weighted by molar-refractivity contribution is 0.0780. The van der Waals surface area contributed by atoms with Crippen molar-refractivity contribution in [1.29, 1.82) is 0 Å². The summed E-state index contributed by atoms with van der Waals surface area (Å²) in [5, 5.41) is 0.673. The first-order valence-corrected chi connectivity index (χ1v) is 6.16. The molecule has 0 unspecified atom stereocenters. The van der Waals surface area contributed by atoms with E-state index in [2.05, 4.69) is 4.98 Å². The molecule has 0 atom stereocenters. The first-order chi connectivity index (χ1) is 9.08. The lowest BCUT2D eigenvalue weighted by Gasteiger charge is -2.17. The average molecular weight is 276 g/mol. The number of hydrogen-bond donors (Lipinski definition) is 1. The number of nitrogens with two attached hydrogens (primary N) is 1. The van der Waals surface area contributed by atoms with Crippen LogP contribution in [0, 0.1) is 0 Å². The Kier molecular flexibility index (Phi) is 4.02. The number of amides is 1. The van der Waals surface area contributed by atoms with Gasteiger partial charge in [0.05, 0.1) is 5.69 Å². The van der Waals surface area contributed by atoms with Gasteiger partial charge in [-0.1, -0.05) is 23.7 Å². The Labute approximate surface area is 116 Å². The molecule has 0 aliphatic heterocycles. The van der Waals surface area contributed by atoms with Gasteiger partial charge in [-0.15, -0.1) is 0 Å². The van der Waals surface area contributed by atoms with Crippen LogP contribution in [0.2, 0.25) is 5.02 Å². The topological polar surface area (TPSA) is 59.2 Å². The Morgan fingerprint density at radius 3 is 2.63 bits per heavy atom. The zero-order chi connectivity index (χ0) is 13.8. The van der Waals surface area contributed by atoms with Crippen molar-refractivity contribution in [2.24, 2.45) is 0 Å². The minimum absolute atomic E-state index is 0.201. The van der Waals surface area contributed by atoms with Crippen LogP contribution < -0.4 is 5.73 Å². The van der Waals surface area contributed by atoms with Crippen molar-refractivity contribution < 1.29 is 4.79 Å². The summed E-state index contributed by atoms with van der Waals surface area (Å²) in [7, 11) is 1.71. The van der Waals surface area contributed by atoms with Crippen LogP contribution in [0.25, 0.3) is 0 Å². The molecule has 0 aliphatic rings.